The molecule has 5 N–H and O–H groups in total. The molecule has 0 aromatic carbocycles. The summed E-state index contributed by atoms with van der Waals surface area (Å²) in [5.74, 6) is -3.65. The molecule has 0 unspecified atom stereocenters. The van der Waals surface area contributed by atoms with Crippen LogP contribution in [0.25, 0.3) is 0 Å². The Hall–Kier alpha value is -0.581. The van der Waals surface area contributed by atoms with Crippen LogP contribution in [-0.2, 0) is 26.7 Å². The number of carboxylic acids is 2. The summed E-state index contributed by atoms with van der Waals surface area (Å²) in [6, 6.07) is 0. The predicted molar refractivity (Wildman–Crippen MR) is 20.3 cm³/mol. The van der Waals surface area contributed by atoms with E-state index in [1.54, 1.807) is 0 Å². The third kappa shape index (κ3) is 9.05. The Morgan fingerprint density at radius 1 is 1.00 bits per heavy atom. The minimum atomic E-state index is -1.82. The fourth-order valence-corrected chi connectivity index (χ4v) is 0. The van der Waals surface area contributed by atoms with Gasteiger partial charge in [0.05, 0.1) is 0 Å². The first-order valence-electron chi connectivity index (χ1n) is 1.11. The average molecular weight is 162 g/mol. The van der Waals surface area contributed by atoms with Crippen molar-refractivity contribution in [3.63, 3.8) is 0 Å². The van der Waals surface area contributed by atoms with Gasteiger partial charge in [0.1, 0.15) is 0 Å². The Bertz CT molecular complexity index is 80.0. The van der Waals surface area contributed by atoms with Crippen LogP contribution >= 0.6 is 0 Å². The molecule has 0 aliphatic carbocycles. The molecule has 0 saturated heterocycles. The van der Waals surface area contributed by atoms with E-state index >= 15 is 0 Å². The van der Waals surface area contributed by atoms with Crippen molar-refractivity contribution in [1.29, 1.82) is 0 Å². The van der Waals surface area contributed by atoms with E-state index in [2.05, 4.69) is 0 Å². The molecule has 8 heavy (non-hydrogen) atoms. The third-order valence-electron chi connectivity index (χ3n) is 0.183. The molecule has 0 bridgehead atoms. The molecule has 0 heterocycles. The molecular formula is C2H5MnNO4. The SMILES string of the molecule is N.O=C(O)C(=O)O.[Mn]. The van der Waals surface area contributed by atoms with Crippen LogP contribution < -0.4 is 6.15 Å². The molecule has 0 aromatic heterocycles. The molecule has 49 valence electrons. The first kappa shape index (κ1) is 15.7. The van der Waals surface area contributed by atoms with Gasteiger partial charge < -0.3 is 16.4 Å². The van der Waals surface area contributed by atoms with Gasteiger partial charge in [0, 0.05) is 17.1 Å². The topological polar surface area (TPSA) is 110 Å². The van der Waals surface area contributed by atoms with E-state index in [-0.39, 0.29) is 23.2 Å². The third-order valence-corrected chi connectivity index (χ3v) is 0.183. The summed E-state index contributed by atoms with van der Waals surface area (Å²) in [5, 5.41) is 14.8. The molecule has 0 atom stereocenters. The van der Waals surface area contributed by atoms with E-state index in [1.165, 1.54) is 0 Å². The molecule has 0 rings (SSSR count). The normalized spacial score (nSPS) is 5.50. The molecule has 0 spiro atoms. The van der Waals surface area contributed by atoms with E-state index in [1.807, 2.05) is 0 Å². The number of carboxylic acid groups (broad SMARTS) is 2. The van der Waals surface area contributed by atoms with Crippen molar-refractivity contribution in [2.75, 3.05) is 0 Å². The quantitative estimate of drug-likeness (QED) is 0.322. The second kappa shape index (κ2) is 6.42. The van der Waals surface area contributed by atoms with Crippen molar-refractivity contribution in [1.82, 2.24) is 6.15 Å². The Morgan fingerprint density at radius 2 is 1.12 bits per heavy atom. The standard InChI is InChI=1S/C2H2O4.Mn.H3N/c3-1(4)2(5)6;;/h(H,3,4)(H,5,6);;1H3. The second-order valence-electron chi connectivity index (χ2n) is 0.610. The maximum atomic E-state index is 9.10. The van der Waals surface area contributed by atoms with Crippen LogP contribution in [0.4, 0.5) is 0 Å². The van der Waals surface area contributed by atoms with Gasteiger partial charge in [0.2, 0.25) is 0 Å². The van der Waals surface area contributed by atoms with Crippen LogP contribution in [0.2, 0.25) is 0 Å². The van der Waals surface area contributed by atoms with Crippen LogP contribution in [0.5, 0.6) is 0 Å². The summed E-state index contributed by atoms with van der Waals surface area (Å²) in [7, 11) is 0. The summed E-state index contributed by atoms with van der Waals surface area (Å²) in [6.07, 6.45) is 0. The fourth-order valence-electron chi connectivity index (χ4n) is 0. The van der Waals surface area contributed by atoms with Crippen molar-refractivity contribution >= 4 is 11.9 Å². The molecule has 6 heteroatoms. The van der Waals surface area contributed by atoms with Crippen molar-refractivity contribution < 1.29 is 36.9 Å². The molecule has 5 nitrogen and oxygen atoms in total. The number of rotatable bonds is 0. The molecule has 0 aromatic rings. The van der Waals surface area contributed by atoms with Crippen LogP contribution in [0.1, 0.15) is 0 Å². The van der Waals surface area contributed by atoms with Crippen LogP contribution in [-0.4, -0.2) is 22.2 Å². The van der Waals surface area contributed by atoms with Crippen LogP contribution in [0.3, 0.4) is 0 Å². The van der Waals surface area contributed by atoms with E-state index in [9.17, 15) is 0 Å². The van der Waals surface area contributed by atoms with Gasteiger partial charge in [0.25, 0.3) is 0 Å². The summed E-state index contributed by atoms with van der Waals surface area (Å²) in [4.78, 5) is 18.2. The van der Waals surface area contributed by atoms with E-state index in [0.717, 1.165) is 0 Å². The van der Waals surface area contributed by atoms with Gasteiger partial charge in [0.15, 0.2) is 0 Å². The van der Waals surface area contributed by atoms with E-state index < -0.39 is 11.9 Å². The fraction of sp³-hybridized carbons (Fsp3) is 0. The first-order chi connectivity index (χ1) is 2.64. The summed E-state index contributed by atoms with van der Waals surface area (Å²) < 4.78 is 0. The van der Waals surface area contributed by atoms with Crippen LogP contribution in [0.15, 0.2) is 0 Å². The number of hydrogen-bond donors (Lipinski definition) is 3. The van der Waals surface area contributed by atoms with E-state index in [0.29, 0.717) is 0 Å². The van der Waals surface area contributed by atoms with Crippen molar-refractivity contribution in [2.45, 2.75) is 0 Å². The number of carbonyl (C=O) groups is 2. The Balaban J connectivity index is -0.000000125. The Kier molecular flexibility index (Phi) is 12.6. The van der Waals surface area contributed by atoms with Gasteiger partial charge >= 0.3 is 11.9 Å². The summed E-state index contributed by atoms with van der Waals surface area (Å²) in [6.45, 7) is 0. The monoisotopic (exact) mass is 162 g/mol. The van der Waals surface area contributed by atoms with Gasteiger partial charge in [-0.2, -0.15) is 0 Å². The van der Waals surface area contributed by atoms with Crippen LogP contribution in [0, 0.1) is 0 Å². The molecule has 0 fully saturated rings. The zero-order valence-corrected chi connectivity index (χ0v) is 4.98. The average Bonchev–Trinajstić information content (AvgIpc) is 1.36. The molecule has 0 saturated carbocycles. The number of hydrogen-bond acceptors (Lipinski definition) is 3. The zero-order valence-electron chi connectivity index (χ0n) is 3.80. The second-order valence-corrected chi connectivity index (χ2v) is 0.610. The molecule has 1 radical (unpaired) electrons. The summed E-state index contributed by atoms with van der Waals surface area (Å²) >= 11 is 0. The Labute approximate surface area is 55.7 Å². The van der Waals surface area contributed by atoms with Gasteiger partial charge in [-0.3, -0.25) is 0 Å². The van der Waals surface area contributed by atoms with Gasteiger partial charge in [-0.05, 0) is 0 Å². The summed E-state index contributed by atoms with van der Waals surface area (Å²) in [5.41, 5.74) is 0. The molecule has 0 aliphatic heterocycles. The minimum absolute atomic E-state index is 0. The number of aliphatic carboxylic acids is 2. The largest absolute Gasteiger partial charge is 0.473 e. The Morgan fingerprint density at radius 3 is 1.12 bits per heavy atom. The van der Waals surface area contributed by atoms with Crippen molar-refractivity contribution in [2.24, 2.45) is 0 Å². The van der Waals surface area contributed by atoms with Crippen molar-refractivity contribution in [3.8, 4) is 0 Å². The van der Waals surface area contributed by atoms with Gasteiger partial charge in [-0.15, -0.1) is 0 Å². The molecule has 0 aliphatic rings. The predicted octanol–water partition coefficient (Wildman–Crippen LogP) is -0.685. The minimum Gasteiger partial charge on any atom is -0.473 e. The molecular weight excluding hydrogens is 157 g/mol. The maximum absolute atomic E-state index is 9.10. The first-order valence-corrected chi connectivity index (χ1v) is 1.11. The maximum Gasteiger partial charge on any atom is 0.414 e. The molecule has 0 amide bonds. The van der Waals surface area contributed by atoms with Crippen molar-refractivity contribution in [3.05, 3.63) is 0 Å². The zero-order chi connectivity index (χ0) is 5.15. The van der Waals surface area contributed by atoms with Gasteiger partial charge in [-0.1, -0.05) is 0 Å². The van der Waals surface area contributed by atoms with E-state index in [4.69, 9.17) is 19.8 Å². The van der Waals surface area contributed by atoms with Gasteiger partial charge in [-0.25, -0.2) is 9.59 Å². The smallest absolute Gasteiger partial charge is 0.414 e.